The van der Waals surface area contributed by atoms with E-state index in [4.69, 9.17) is 17.7 Å². The van der Waals surface area contributed by atoms with Crippen LogP contribution in [-0.2, 0) is 22.1 Å². The van der Waals surface area contributed by atoms with E-state index in [9.17, 15) is 0 Å². The molecule has 0 aromatic carbocycles. The Bertz CT molecular complexity index is 406. The van der Waals surface area contributed by atoms with Crippen molar-refractivity contribution in [2.45, 2.75) is 39.1 Å². The summed E-state index contributed by atoms with van der Waals surface area (Å²) < 4.78 is 22.7. The summed E-state index contributed by atoms with van der Waals surface area (Å²) in [5.41, 5.74) is 0. The minimum Gasteiger partial charge on any atom is -0.467 e. The van der Waals surface area contributed by atoms with Crippen LogP contribution in [0.3, 0.4) is 0 Å². The van der Waals surface area contributed by atoms with Crippen molar-refractivity contribution in [1.29, 1.82) is 0 Å². The molecule has 2 aromatic heterocycles. The van der Waals surface area contributed by atoms with Crippen LogP contribution >= 0.6 is 0 Å². The number of hydrogen-bond donors (Lipinski definition) is 0. The molecular weight excluding hydrogens is 260 g/mol. The van der Waals surface area contributed by atoms with Gasteiger partial charge in [0.05, 0.1) is 25.7 Å². The third-order valence-corrected chi connectivity index (χ3v) is 6.69. The standard InChI is InChI=1S/C14H20O4Si/c1-3-19(4-2,17-11-13-7-5-9-15-13)18-12-14-8-6-10-16-14/h5-10H,3-4,11-12H2,1-2H3. The van der Waals surface area contributed by atoms with Gasteiger partial charge in [0.25, 0.3) is 0 Å². The zero-order valence-corrected chi connectivity index (χ0v) is 12.4. The Morgan fingerprint density at radius 2 is 1.37 bits per heavy atom. The molecule has 0 N–H and O–H groups in total. The summed E-state index contributed by atoms with van der Waals surface area (Å²) in [5, 5.41) is 0. The molecule has 0 radical (unpaired) electrons. The Morgan fingerprint density at radius 3 is 1.68 bits per heavy atom. The molecule has 104 valence electrons. The van der Waals surface area contributed by atoms with Crippen LogP contribution in [0, 0.1) is 0 Å². The molecule has 2 rings (SSSR count). The van der Waals surface area contributed by atoms with E-state index in [1.54, 1.807) is 12.5 Å². The lowest BCUT2D eigenvalue weighted by Gasteiger charge is -2.27. The van der Waals surface area contributed by atoms with Gasteiger partial charge < -0.3 is 17.7 Å². The monoisotopic (exact) mass is 280 g/mol. The van der Waals surface area contributed by atoms with Crippen molar-refractivity contribution in [2.24, 2.45) is 0 Å². The summed E-state index contributed by atoms with van der Waals surface area (Å²) in [6.07, 6.45) is 3.31. The number of furan rings is 2. The van der Waals surface area contributed by atoms with Crippen LogP contribution in [0.2, 0.25) is 12.1 Å². The first-order valence-electron chi connectivity index (χ1n) is 6.60. The molecule has 4 nitrogen and oxygen atoms in total. The van der Waals surface area contributed by atoms with E-state index in [0.29, 0.717) is 13.2 Å². The van der Waals surface area contributed by atoms with Crippen LogP contribution in [0.15, 0.2) is 45.6 Å². The Hall–Kier alpha value is -1.30. The smallest absolute Gasteiger partial charge is 0.338 e. The number of rotatable bonds is 8. The quantitative estimate of drug-likeness (QED) is 0.683. The van der Waals surface area contributed by atoms with Crippen molar-refractivity contribution < 1.29 is 17.7 Å². The molecule has 0 saturated carbocycles. The average molecular weight is 280 g/mol. The van der Waals surface area contributed by atoms with Crippen LogP contribution in [-0.4, -0.2) is 8.56 Å². The van der Waals surface area contributed by atoms with E-state index < -0.39 is 8.56 Å². The van der Waals surface area contributed by atoms with Crippen molar-refractivity contribution in [2.75, 3.05) is 0 Å². The van der Waals surface area contributed by atoms with E-state index in [1.807, 2.05) is 24.3 Å². The van der Waals surface area contributed by atoms with Crippen LogP contribution in [0.25, 0.3) is 0 Å². The maximum absolute atomic E-state index is 6.05. The van der Waals surface area contributed by atoms with E-state index in [0.717, 1.165) is 23.6 Å². The molecule has 19 heavy (non-hydrogen) atoms. The predicted molar refractivity (Wildman–Crippen MR) is 73.7 cm³/mol. The first kappa shape index (κ1) is 14.1. The molecule has 0 unspecified atom stereocenters. The highest BCUT2D eigenvalue weighted by Gasteiger charge is 2.34. The highest BCUT2D eigenvalue weighted by Crippen LogP contribution is 2.22. The summed E-state index contributed by atoms with van der Waals surface area (Å²) in [6, 6.07) is 9.37. The molecular formula is C14H20O4Si. The van der Waals surface area contributed by atoms with E-state index in [-0.39, 0.29) is 0 Å². The Balaban J connectivity index is 1.92. The van der Waals surface area contributed by atoms with Crippen LogP contribution in [0.1, 0.15) is 25.4 Å². The molecule has 0 spiro atoms. The lowest BCUT2D eigenvalue weighted by molar-refractivity contribution is 0.136. The van der Waals surface area contributed by atoms with Gasteiger partial charge in [-0.2, -0.15) is 0 Å². The maximum Gasteiger partial charge on any atom is 0.338 e. The average Bonchev–Trinajstić information content (AvgIpc) is 3.13. The van der Waals surface area contributed by atoms with Crippen molar-refractivity contribution in [3.8, 4) is 0 Å². The first-order chi connectivity index (χ1) is 9.28. The molecule has 0 bridgehead atoms. The van der Waals surface area contributed by atoms with Gasteiger partial charge in [-0.1, -0.05) is 13.8 Å². The fraction of sp³-hybridized carbons (Fsp3) is 0.429. The van der Waals surface area contributed by atoms with Gasteiger partial charge in [0.2, 0.25) is 0 Å². The Labute approximate surface area is 114 Å². The first-order valence-corrected chi connectivity index (χ1v) is 8.84. The summed E-state index contributed by atoms with van der Waals surface area (Å²) in [5.74, 6) is 1.67. The molecule has 0 amide bonds. The molecule has 5 heteroatoms. The lowest BCUT2D eigenvalue weighted by Crippen LogP contribution is -2.40. The second-order valence-electron chi connectivity index (χ2n) is 4.35. The summed E-state index contributed by atoms with van der Waals surface area (Å²) in [6.45, 7) is 5.16. The van der Waals surface area contributed by atoms with Crippen molar-refractivity contribution in [3.05, 3.63) is 48.3 Å². The van der Waals surface area contributed by atoms with E-state index in [2.05, 4.69) is 13.8 Å². The molecule has 0 aliphatic carbocycles. The fourth-order valence-corrected chi connectivity index (χ4v) is 4.11. The van der Waals surface area contributed by atoms with Gasteiger partial charge >= 0.3 is 8.56 Å². The molecule has 0 fully saturated rings. The van der Waals surface area contributed by atoms with E-state index in [1.165, 1.54) is 0 Å². The normalized spacial score (nSPS) is 11.9. The fourth-order valence-electron chi connectivity index (χ4n) is 1.89. The summed E-state index contributed by atoms with van der Waals surface area (Å²) in [7, 11) is -2.18. The van der Waals surface area contributed by atoms with Crippen LogP contribution < -0.4 is 0 Å². The molecule has 0 atom stereocenters. The summed E-state index contributed by atoms with van der Waals surface area (Å²) in [4.78, 5) is 0. The van der Waals surface area contributed by atoms with Crippen LogP contribution in [0.4, 0.5) is 0 Å². The Kier molecular flexibility index (Phi) is 5.01. The van der Waals surface area contributed by atoms with Gasteiger partial charge in [0.1, 0.15) is 11.5 Å². The highest BCUT2D eigenvalue weighted by molar-refractivity contribution is 6.67. The zero-order chi connectivity index (χ0) is 13.6. The van der Waals surface area contributed by atoms with Gasteiger partial charge in [0, 0.05) is 0 Å². The third kappa shape index (κ3) is 3.83. The van der Waals surface area contributed by atoms with Gasteiger partial charge in [-0.05, 0) is 36.4 Å². The molecule has 0 saturated heterocycles. The highest BCUT2D eigenvalue weighted by atomic mass is 28.4. The Morgan fingerprint density at radius 1 is 0.895 bits per heavy atom. The minimum atomic E-state index is -2.18. The van der Waals surface area contributed by atoms with Crippen molar-refractivity contribution >= 4 is 8.56 Å². The molecule has 2 heterocycles. The second-order valence-corrected chi connectivity index (χ2v) is 8.17. The van der Waals surface area contributed by atoms with Gasteiger partial charge in [-0.15, -0.1) is 0 Å². The largest absolute Gasteiger partial charge is 0.467 e. The van der Waals surface area contributed by atoms with Gasteiger partial charge in [-0.25, -0.2) is 0 Å². The predicted octanol–water partition coefficient (Wildman–Crippen LogP) is 4.09. The lowest BCUT2D eigenvalue weighted by atomic mass is 10.5. The maximum atomic E-state index is 6.05. The van der Waals surface area contributed by atoms with Crippen molar-refractivity contribution in [1.82, 2.24) is 0 Å². The molecule has 2 aromatic rings. The van der Waals surface area contributed by atoms with Gasteiger partial charge in [-0.3, -0.25) is 0 Å². The molecule has 0 aliphatic heterocycles. The SMILES string of the molecule is CC[Si](CC)(OCc1ccco1)OCc1ccco1. The van der Waals surface area contributed by atoms with Crippen LogP contribution in [0.5, 0.6) is 0 Å². The topological polar surface area (TPSA) is 44.7 Å². The van der Waals surface area contributed by atoms with Gasteiger partial charge in [0.15, 0.2) is 0 Å². The van der Waals surface area contributed by atoms with E-state index >= 15 is 0 Å². The molecule has 0 aliphatic rings. The third-order valence-electron chi connectivity index (χ3n) is 3.19. The second kappa shape index (κ2) is 6.74. The summed E-state index contributed by atoms with van der Waals surface area (Å²) >= 11 is 0. The number of hydrogen-bond acceptors (Lipinski definition) is 4. The zero-order valence-electron chi connectivity index (χ0n) is 11.4. The van der Waals surface area contributed by atoms with Crippen molar-refractivity contribution in [3.63, 3.8) is 0 Å². The minimum absolute atomic E-state index is 0.471.